The number of nitrogens with one attached hydrogen (secondary N) is 1. The minimum absolute atomic E-state index is 0.110. The third-order valence-electron chi connectivity index (χ3n) is 3.84. The van der Waals surface area contributed by atoms with Crippen molar-refractivity contribution in [1.29, 1.82) is 0 Å². The van der Waals surface area contributed by atoms with E-state index in [9.17, 15) is 0 Å². The third kappa shape index (κ3) is 3.72. The molecule has 0 spiro atoms. The lowest BCUT2D eigenvalue weighted by atomic mass is 9.76. The maximum atomic E-state index is 5.55. The van der Waals surface area contributed by atoms with Gasteiger partial charge in [0.05, 0.1) is 11.2 Å². The molecule has 0 saturated carbocycles. The second-order valence-corrected chi connectivity index (χ2v) is 6.84. The molecule has 4 nitrogen and oxygen atoms in total. The van der Waals surface area contributed by atoms with E-state index in [0.717, 1.165) is 55.6 Å². The monoisotopic (exact) mass is 283 g/mol. The minimum Gasteiger partial charge on any atom is -0.339 e. The Hall–Kier alpha value is -0.550. The van der Waals surface area contributed by atoms with Crippen molar-refractivity contribution in [3.63, 3.8) is 0 Å². The van der Waals surface area contributed by atoms with Crippen molar-refractivity contribution in [3.05, 3.63) is 11.7 Å². The molecule has 0 amide bonds. The summed E-state index contributed by atoms with van der Waals surface area (Å²) < 4.78 is 5.55. The van der Waals surface area contributed by atoms with Crippen molar-refractivity contribution in [3.8, 4) is 0 Å². The van der Waals surface area contributed by atoms with Gasteiger partial charge in [0.1, 0.15) is 0 Å². The van der Waals surface area contributed by atoms with Gasteiger partial charge in [-0.2, -0.15) is 16.7 Å². The predicted octanol–water partition coefficient (Wildman–Crippen LogP) is 2.99. The van der Waals surface area contributed by atoms with Crippen molar-refractivity contribution < 1.29 is 4.52 Å². The van der Waals surface area contributed by atoms with Crippen LogP contribution in [0.5, 0.6) is 0 Å². The number of aromatic nitrogens is 2. The number of rotatable bonds is 6. The van der Waals surface area contributed by atoms with Gasteiger partial charge < -0.3 is 9.84 Å². The van der Waals surface area contributed by atoms with Gasteiger partial charge in [-0.1, -0.05) is 25.9 Å². The molecule has 1 fully saturated rings. The van der Waals surface area contributed by atoms with E-state index in [1.165, 1.54) is 0 Å². The van der Waals surface area contributed by atoms with E-state index >= 15 is 0 Å². The molecular formula is C14H25N3OS. The van der Waals surface area contributed by atoms with Crippen LogP contribution >= 0.6 is 11.8 Å². The summed E-state index contributed by atoms with van der Waals surface area (Å²) in [6.45, 7) is 8.79. The van der Waals surface area contributed by atoms with Crippen LogP contribution in [-0.4, -0.2) is 29.0 Å². The molecule has 0 atom stereocenters. The first-order valence-corrected chi connectivity index (χ1v) is 8.43. The van der Waals surface area contributed by atoms with Gasteiger partial charge in [-0.15, -0.1) is 0 Å². The Kier molecular flexibility index (Phi) is 5.28. The van der Waals surface area contributed by atoms with Gasteiger partial charge in [-0.3, -0.25) is 0 Å². The van der Waals surface area contributed by atoms with Crippen LogP contribution in [0, 0.1) is 5.92 Å². The topological polar surface area (TPSA) is 51.0 Å². The third-order valence-corrected chi connectivity index (χ3v) is 5.21. The first kappa shape index (κ1) is 14.9. The lowest BCUT2D eigenvalue weighted by molar-refractivity contribution is 0.216. The number of thioether (sulfide) groups is 1. The molecule has 0 unspecified atom stereocenters. The first-order chi connectivity index (χ1) is 9.16. The Bertz CT molecular complexity index is 386. The molecule has 0 bridgehead atoms. The number of nitrogens with zero attached hydrogens (tertiary/aromatic N) is 2. The van der Waals surface area contributed by atoms with E-state index in [0.29, 0.717) is 5.92 Å². The highest BCUT2D eigenvalue weighted by atomic mass is 32.2. The summed E-state index contributed by atoms with van der Waals surface area (Å²) in [6, 6.07) is 0. The van der Waals surface area contributed by atoms with E-state index < -0.39 is 0 Å². The molecule has 0 aromatic carbocycles. The molecule has 1 N–H and O–H groups in total. The fourth-order valence-corrected chi connectivity index (χ4v) is 3.43. The summed E-state index contributed by atoms with van der Waals surface area (Å²) >= 11 is 1.88. The van der Waals surface area contributed by atoms with Crippen LogP contribution in [0.3, 0.4) is 0 Å². The molecule has 0 aliphatic carbocycles. The molecule has 1 aromatic heterocycles. The smallest absolute Gasteiger partial charge is 0.232 e. The Morgan fingerprint density at radius 3 is 2.74 bits per heavy atom. The van der Waals surface area contributed by atoms with Crippen molar-refractivity contribution in [2.75, 3.05) is 18.8 Å². The number of hydrogen-bond donors (Lipinski definition) is 1. The quantitative estimate of drug-likeness (QED) is 0.870. The molecule has 1 aliphatic rings. The fourth-order valence-electron chi connectivity index (χ4n) is 2.54. The van der Waals surface area contributed by atoms with Gasteiger partial charge in [0.15, 0.2) is 5.82 Å². The van der Waals surface area contributed by atoms with Gasteiger partial charge >= 0.3 is 0 Å². The molecule has 1 saturated heterocycles. The van der Waals surface area contributed by atoms with Gasteiger partial charge in [0, 0.05) is 0 Å². The average molecular weight is 283 g/mol. The van der Waals surface area contributed by atoms with E-state index in [1.807, 2.05) is 11.8 Å². The van der Waals surface area contributed by atoms with Gasteiger partial charge in [-0.25, -0.2) is 0 Å². The summed E-state index contributed by atoms with van der Waals surface area (Å²) in [5, 5.41) is 7.56. The standard InChI is InChI=1S/C14H25N3OS/c1-4-14(5-7-15-8-6-14)13-16-12(17-18-13)10-19-9-11(2)3/h11,15H,4-10H2,1-3H3. The van der Waals surface area contributed by atoms with E-state index in [1.54, 1.807) is 0 Å². The molecule has 1 aliphatic heterocycles. The molecule has 0 radical (unpaired) electrons. The van der Waals surface area contributed by atoms with Crippen LogP contribution in [0.2, 0.25) is 0 Å². The van der Waals surface area contributed by atoms with Crippen molar-refractivity contribution in [1.82, 2.24) is 15.5 Å². The summed E-state index contributed by atoms with van der Waals surface area (Å²) in [7, 11) is 0. The van der Waals surface area contributed by atoms with Crippen LogP contribution in [0.25, 0.3) is 0 Å². The summed E-state index contributed by atoms with van der Waals surface area (Å²) in [5.41, 5.74) is 0.110. The molecular weight excluding hydrogens is 258 g/mol. The highest BCUT2D eigenvalue weighted by molar-refractivity contribution is 7.98. The number of hydrogen-bond acceptors (Lipinski definition) is 5. The van der Waals surface area contributed by atoms with Crippen molar-refractivity contribution >= 4 is 11.8 Å². The Morgan fingerprint density at radius 2 is 2.11 bits per heavy atom. The van der Waals surface area contributed by atoms with Crippen LogP contribution in [0.4, 0.5) is 0 Å². The molecule has 1 aromatic rings. The lowest BCUT2D eigenvalue weighted by Gasteiger charge is -2.33. The van der Waals surface area contributed by atoms with Crippen molar-refractivity contribution in [2.24, 2.45) is 5.92 Å². The van der Waals surface area contributed by atoms with E-state index in [4.69, 9.17) is 4.52 Å². The maximum absolute atomic E-state index is 5.55. The summed E-state index contributed by atoms with van der Waals surface area (Å²) in [5.74, 6) is 4.43. The Labute approximate surface area is 120 Å². The van der Waals surface area contributed by atoms with Gasteiger partial charge in [-0.05, 0) is 44.0 Å². The Balaban J connectivity index is 1.98. The van der Waals surface area contributed by atoms with Crippen LogP contribution in [-0.2, 0) is 11.2 Å². The van der Waals surface area contributed by atoms with Crippen LogP contribution in [0.1, 0.15) is 51.7 Å². The van der Waals surface area contributed by atoms with Crippen LogP contribution in [0.15, 0.2) is 4.52 Å². The molecule has 5 heteroatoms. The summed E-state index contributed by atoms with van der Waals surface area (Å²) in [4.78, 5) is 4.65. The first-order valence-electron chi connectivity index (χ1n) is 7.28. The highest BCUT2D eigenvalue weighted by Gasteiger charge is 2.37. The largest absolute Gasteiger partial charge is 0.339 e. The second-order valence-electron chi connectivity index (χ2n) is 5.81. The fraction of sp³-hybridized carbons (Fsp3) is 0.857. The zero-order chi connectivity index (χ0) is 13.7. The molecule has 19 heavy (non-hydrogen) atoms. The molecule has 2 rings (SSSR count). The highest BCUT2D eigenvalue weighted by Crippen LogP contribution is 2.35. The summed E-state index contributed by atoms with van der Waals surface area (Å²) in [6.07, 6.45) is 3.28. The SMILES string of the molecule is CCC1(c2nc(CSCC(C)C)no2)CCNCC1. The number of piperidine rings is 1. The van der Waals surface area contributed by atoms with Gasteiger partial charge in [0.2, 0.25) is 5.89 Å². The maximum Gasteiger partial charge on any atom is 0.232 e. The normalized spacial score (nSPS) is 18.9. The second kappa shape index (κ2) is 6.75. The zero-order valence-corrected chi connectivity index (χ0v) is 13.1. The van der Waals surface area contributed by atoms with Crippen LogP contribution < -0.4 is 5.32 Å². The van der Waals surface area contributed by atoms with Crippen molar-refractivity contribution in [2.45, 2.75) is 51.2 Å². The predicted molar refractivity (Wildman–Crippen MR) is 79.4 cm³/mol. The average Bonchev–Trinajstić information content (AvgIpc) is 2.88. The lowest BCUT2D eigenvalue weighted by Crippen LogP contribution is -2.39. The van der Waals surface area contributed by atoms with E-state index in [2.05, 4.69) is 36.2 Å². The molecule has 2 heterocycles. The Morgan fingerprint density at radius 1 is 1.37 bits per heavy atom. The van der Waals surface area contributed by atoms with Gasteiger partial charge in [0.25, 0.3) is 0 Å². The zero-order valence-electron chi connectivity index (χ0n) is 12.2. The van der Waals surface area contributed by atoms with E-state index in [-0.39, 0.29) is 5.41 Å². The molecule has 108 valence electrons. The minimum atomic E-state index is 0.110.